The average Bonchev–Trinajstić information content (AvgIpc) is 0.793. The summed E-state index contributed by atoms with van der Waals surface area (Å²) in [7, 11) is 0. The third-order valence-electron chi connectivity index (χ3n) is 19.6. The number of hydrogen-bond acceptors (Lipinski definition) is 13. The summed E-state index contributed by atoms with van der Waals surface area (Å²) in [6.07, 6.45) is 78.0. The Balaban J connectivity index is 1.62. The molecular formula is C84H151NO13. The van der Waals surface area contributed by atoms with E-state index in [1.807, 2.05) is 6.08 Å². The third kappa shape index (κ3) is 49.7. The highest BCUT2D eigenvalue weighted by atomic mass is 16.7. The fraction of sp³-hybridized carbons (Fsp3) is 0.821. The van der Waals surface area contributed by atoms with Gasteiger partial charge in [-0.1, -0.05) is 356 Å². The molecule has 0 spiro atoms. The molecule has 12 atom stereocenters. The quantitative estimate of drug-likeness (QED) is 0.0204. The number of aliphatic hydroxyl groups is 8. The second-order valence-electron chi connectivity index (χ2n) is 28.5. The van der Waals surface area contributed by atoms with Crippen molar-refractivity contribution in [3.8, 4) is 0 Å². The summed E-state index contributed by atoms with van der Waals surface area (Å²) < 4.78 is 22.9. The zero-order valence-corrected chi connectivity index (χ0v) is 62.5. The van der Waals surface area contributed by atoms with Crippen LogP contribution in [0.1, 0.15) is 348 Å². The minimum absolute atomic E-state index is 0.238. The van der Waals surface area contributed by atoms with Crippen LogP contribution in [0.15, 0.2) is 85.1 Å². The van der Waals surface area contributed by atoms with Gasteiger partial charge in [0.2, 0.25) is 5.91 Å². The summed E-state index contributed by atoms with van der Waals surface area (Å²) in [6.45, 7) is 2.73. The third-order valence-corrected chi connectivity index (χ3v) is 19.6. The van der Waals surface area contributed by atoms with E-state index < -0.39 is 86.8 Å². The van der Waals surface area contributed by atoms with E-state index in [4.69, 9.17) is 18.9 Å². The van der Waals surface area contributed by atoms with Crippen molar-refractivity contribution in [2.75, 3.05) is 19.8 Å². The molecule has 0 aliphatic carbocycles. The Kier molecular flexibility index (Phi) is 62.7. The molecule has 0 aromatic heterocycles. The number of carbonyl (C=O) groups is 1. The van der Waals surface area contributed by atoms with Crippen molar-refractivity contribution >= 4 is 5.91 Å². The van der Waals surface area contributed by atoms with Crippen LogP contribution in [-0.4, -0.2) is 140 Å². The molecule has 570 valence electrons. The number of unbranched alkanes of at least 4 members (excludes halogenated alkanes) is 43. The average molecular weight is 1380 g/mol. The fourth-order valence-electron chi connectivity index (χ4n) is 13.2. The molecule has 98 heavy (non-hydrogen) atoms. The lowest BCUT2D eigenvalue weighted by Gasteiger charge is -2.46. The van der Waals surface area contributed by atoms with Gasteiger partial charge in [0.1, 0.15) is 48.8 Å². The van der Waals surface area contributed by atoms with E-state index in [2.05, 4.69) is 92.1 Å². The van der Waals surface area contributed by atoms with Gasteiger partial charge in [0.25, 0.3) is 0 Å². The van der Waals surface area contributed by atoms with E-state index in [0.29, 0.717) is 6.42 Å². The number of rotatable bonds is 68. The highest BCUT2D eigenvalue weighted by molar-refractivity contribution is 5.76. The first kappa shape index (κ1) is 91.3. The Labute approximate surface area is 599 Å². The lowest BCUT2D eigenvalue weighted by atomic mass is 9.97. The maximum absolute atomic E-state index is 13.4. The number of nitrogens with one attached hydrogen (secondary N) is 1. The van der Waals surface area contributed by atoms with Crippen LogP contribution in [0.2, 0.25) is 0 Å². The molecule has 14 nitrogen and oxygen atoms in total. The summed E-state index contributed by atoms with van der Waals surface area (Å²) in [6, 6.07) is -0.921. The van der Waals surface area contributed by atoms with Gasteiger partial charge in [0, 0.05) is 6.42 Å². The Morgan fingerprint density at radius 2 is 0.704 bits per heavy atom. The van der Waals surface area contributed by atoms with Crippen LogP contribution in [0.5, 0.6) is 0 Å². The van der Waals surface area contributed by atoms with Crippen molar-refractivity contribution in [3.63, 3.8) is 0 Å². The zero-order valence-electron chi connectivity index (χ0n) is 62.5. The summed E-state index contributed by atoms with van der Waals surface area (Å²) in [5.41, 5.74) is 0. The van der Waals surface area contributed by atoms with Crippen molar-refractivity contribution in [1.82, 2.24) is 5.32 Å². The Morgan fingerprint density at radius 3 is 1.08 bits per heavy atom. The van der Waals surface area contributed by atoms with Crippen molar-refractivity contribution in [3.05, 3.63) is 85.1 Å². The predicted molar refractivity (Wildman–Crippen MR) is 406 cm³/mol. The standard InChI is InChI=1S/C84H151NO13/c1-3-5-7-9-11-13-15-17-19-21-23-25-27-29-31-33-35-36-38-40-42-44-46-48-50-52-54-56-58-60-62-64-66-68-76(89)85-72(71-95-83-81(94)79(92)82(75(70-87)97-83)98-84-80(93)78(91)77(90)74(69-86)96-84)73(88)67-65-63-61-59-57-55-53-51-49-47-45-43-41-39-37-34-32-30-28-26-24-22-20-18-16-14-12-10-8-6-4-2/h5,7,11,13,17,19,23,25,29,31,35-36,65,67,72-75,77-84,86-88,90-94H,3-4,6,8-10,12,14-16,18,20-22,24,26-28,30,32-34,37-64,66,68-71H2,1-2H3,(H,85,89)/b7-5-,13-11-,19-17-,25-23-,31-29-,36-35-,67-65+. The highest BCUT2D eigenvalue weighted by Crippen LogP contribution is 2.30. The smallest absolute Gasteiger partial charge is 0.220 e. The van der Waals surface area contributed by atoms with Gasteiger partial charge in [-0.15, -0.1) is 0 Å². The molecule has 14 heteroatoms. The second kappa shape index (κ2) is 67.4. The first-order valence-corrected chi connectivity index (χ1v) is 40.8. The topological polar surface area (TPSA) is 228 Å². The molecular weight excluding hydrogens is 1230 g/mol. The molecule has 12 unspecified atom stereocenters. The minimum Gasteiger partial charge on any atom is -0.394 e. The van der Waals surface area contributed by atoms with Gasteiger partial charge < -0.3 is 65.1 Å². The van der Waals surface area contributed by atoms with Crippen LogP contribution in [0.3, 0.4) is 0 Å². The molecule has 2 heterocycles. The van der Waals surface area contributed by atoms with E-state index in [1.54, 1.807) is 6.08 Å². The van der Waals surface area contributed by atoms with E-state index in [0.717, 1.165) is 77.0 Å². The van der Waals surface area contributed by atoms with Gasteiger partial charge >= 0.3 is 0 Å². The number of allylic oxidation sites excluding steroid dienone is 13. The summed E-state index contributed by atoms with van der Waals surface area (Å²) >= 11 is 0. The molecule has 1 amide bonds. The number of amides is 1. The van der Waals surface area contributed by atoms with Crippen LogP contribution in [0.25, 0.3) is 0 Å². The van der Waals surface area contributed by atoms with Gasteiger partial charge in [-0.3, -0.25) is 4.79 Å². The first-order chi connectivity index (χ1) is 48.1. The van der Waals surface area contributed by atoms with Crippen LogP contribution in [-0.2, 0) is 23.7 Å². The molecule has 2 rings (SSSR count). The highest BCUT2D eigenvalue weighted by Gasteiger charge is 2.51. The number of aliphatic hydroxyl groups excluding tert-OH is 8. The van der Waals surface area contributed by atoms with Crippen molar-refractivity contribution < 1.29 is 64.6 Å². The fourth-order valence-corrected chi connectivity index (χ4v) is 13.2. The molecule has 2 saturated heterocycles. The van der Waals surface area contributed by atoms with Crippen LogP contribution < -0.4 is 5.32 Å². The predicted octanol–water partition coefficient (Wildman–Crippen LogP) is 18.7. The lowest BCUT2D eigenvalue weighted by Crippen LogP contribution is -2.65. The molecule has 0 aromatic carbocycles. The normalized spacial score (nSPS) is 22.5. The van der Waals surface area contributed by atoms with Gasteiger partial charge in [-0.05, 0) is 70.6 Å². The maximum Gasteiger partial charge on any atom is 0.220 e. The molecule has 0 radical (unpaired) electrons. The number of carbonyl (C=O) groups excluding carboxylic acids is 1. The molecule has 2 aliphatic heterocycles. The second-order valence-corrected chi connectivity index (χ2v) is 28.5. The van der Waals surface area contributed by atoms with Gasteiger partial charge in [0.15, 0.2) is 12.6 Å². The molecule has 0 saturated carbocycles. The molecule has 0 aromatic rings. The Bertz CT molecular complexity index is 1970. The molecule has 0 bridgehead atoms. The van der Waals surface area contributed by atoms with E-state index in [9.17, 15) is 45.6 Å². The van der Waals surface area contributed by atoms with Crippen LogP contribution >= 0.6 is 0 Å². The van der Waals surface area contributed by atoms with Crippen LogP contribution in [0.4, 0.5) is 0 Å². The van der Waals surface area contributed by atoms with Gasteiger partial charge in [0.05, 0.1) is 32.0 Å². The monoisotopic (exact) mass is 1380 g/mol. The number of ether oxygens (including phenoxy) is 4. The molecule has 9 N–H and O–H groups in total. The van der Waals surface area contributed by atoms with Crippen molar-refractivity contribution in [1.29, 1.82) is 0 Å². The maximum atomic E-state index is 13.4. The van der Waals surface area contributed by atoms with Gasteiger partial charge in [-0.25, -0.2) is 0 Å². The zero-order chi connectivity index (χ0) is 70.8. The SMILES string of the molecule is CC/C=C\C/C=C\C/C=C\C/C=C\C/C=C\C/C=C\CCCCCCCCCCCCCCCCC(=O)NC(COC1OC(CO)C(OC2OC(CO)C(O)C(O)C2O)C(O)C1O)C(O)/C=C/CCCCCCCCCCCCCCCCCCCCCCCCCCCCCCC. The molecule has 2 aliphatic rings. The lowest BCUT2D eigenvalue weighted by molar-refractivity contribution is -0.359. The largest absolute Gasteiger partial charge is 0.394 e. The van der Waals surface area contributed by atoms with E-state index in [-0.39, 0.29) is 18.9 Å². The summed E-state index contributed by atoms with van der Waals surface area (Å²) in [4.78, 5) is 13.4. The first-order valence-electron chi connectivity index (χ1n) is 40.8. The van der Waals surface area contributed by atoms with Crippen LogP contribution in [0, 0.1) is 0 Å². The van der Waals surface area contributed by atoms with Crippen molar-refractivity contribution in [2.45, 2.75) is 421 Å². The van der Waals surface area contributed by atoms with E-state index >= 15 is 0 Å². The molecule has 2 fully saturated rings. The summed E-state index contributed by atoms with van der Waals surface area (Å²) in [5, 5.41) is 87.7. The number of hydrogen-bond donors (Lipinski definition) is 9. The minimum atomic E-state index is -1.79. The van der Waals surface area contributed by atoms with Gasteiger partial charge in [-0.2, -0.15) is 0 Å². The summed E-state index contributed by atoms with van der Waals surface area (Å²) in [5.74, 6) is -0.238. The van der Waals surface area contributed by atoms with Crippen molar-refractivity contribution in [2.24, 2.45) is 0 Å². The Hall–Kier alpha value is -2.83. The Morgan fingerprint density at radius 1 is 0.378 bits per heavy atom. The van der Waals surface area contributed by atoms with E-state index in [1.165, 1.54) is 244 Å².